The summed E-state index contributed by atoms with van der Waals surface area (Å²) in [6.07, 6.45) is -0.0361. The van der Waals surface area contributed by atoms with Crippen LogP contribution in [0.15, 0.2) is 109 Å². The van der Waals surface area contributed by atoms with Gasteiger partial charge in [0, 0.05) is 30.8 Å². The molecule has 0 bridgehead atoms. The lowest BCUT2D eigenvalue weighted by Crippen LogP contribution is -2.11. The topological polar surface area (TPSA) is 77.7 Å². The molecule has 1 aliphatic heterocycles. The second-order valence-corrected chi connectivity index (χ2v) is 13.0. The maximum atomic E-state index is 6.16. The van der Waals surface area contributed by atoms with Gasteiger partial charge in [-0.25, -0.2) is 4.98 Å². The summed E-state index contributed by atoms with van der Waals surface area (Å²) in [6.45, 7) is 2.86. The van der Waals surface area contributed by atoms with Gasteiger partial charge in [-0.05, 0) is 80.3 Å². The second kappa shape index (κ2) is 13.8. The molecule has 1 aliphatic rings. The van der Waals surface area contributed by atoms with Crippen LogP contribution in [-0.2, 0) is 26.3 Å². The Morgan fingerprint density at radius 3 is 1.83 bits per heavy atom. The van der Waals surface area contributed by atoms with Crippen molar-refractivity contribution >= 4 is 22.4 Å². The van der Waals surface area contributed by atoms with Crippen LogP contribution in [0.1, 0.15) is 34.0 Å². The molecule has 6 aromatic rings. The number of aromatic amines is 1. The minimum atomic E-state index is -0.0361. The Morgan fingerprint density at radius 1 is 0.604 bits per heavy atom. The standard InChI is InChI=1S/C40H42N6O2/c1-45(2)23-27-7-5-9-29(19-27)25-47-33-15-17-35-37(21-33)43-39(41-35)31-11-13-32(14-12-31)40-42-36-18-16-34(22-38(36)44-40)48-26-30-10-6-8-28(20-30)24-46(3)4/h5-22,39,41,43H,23-26H2,1-4H3,(H,42,44). The van der Waals surface area contributed by atoms with Gasteiger partial charge in [-0.2, -0.15) is 0 Å². The summed E-state index contributed by atoms with van der Waals surface area (Å²) in [5.41, 5.74) is 11.0. The number of fused-ring (bicyclic) bond motifs is 2. The fourth-order valence-corrected chi connectivity index (χ4v) is 6.12. The average molecular weight is 639 g/mol. The third-order valence-electron chi connectivity index (χ3n) is 8.35. The number of imidazole rings is 1. The molecule has 8 nitrogen and oxygen atoms in total. The van der Waals surface area contributed by atoms with Gasteiger partial charge in [-0.15, -0.1) is 0 Å². The highest BCUT2D eigenvalue weighted by Gasteiger charge is 2.22. The van der Waals surface area contributed by atoms with E-state index < -0.39 is 0 Å². The third-order valence-corrected chi connectivity index (χ3v) is 8.35. The van der Waals surface area contributed by atoms with Gasteiger partial charge in [0.05, 0.1) is 22.4 Å². The molecule has 0 amide bonds. The molecule has 1 unspecified atom stereocenters. The van der Waals surface area contributed by atoms with Crippen molar-refractivity contribution in [1.82, 2.24) is 19.8 Å². The maximum absolute atomic E-state index is 6.16. The van der Waals surface area contributed by atoms with Crippen LogP contribution in [0.3, 0.4) is 0 Å². The van der Waals surface area contributed by atoms with Crippen LogP contribution in [0.2, 0.25) is 0 Å². The molecule has 8 heteroatoms. The number of benzene rings is 5. The van der Waals surface area contributed by atoms with Gasteiger partial charge in [-0.3, -0.25) is 0 Å². The minimum absolute atomic E-state index is 0.0361. The first-order chi connectivity index (χ1) is 23.3. The Balaban J connectivity index is 0.966. The fourth-order valence-electron chi connectivity index (χ4n) is 6.12. The van der Waals surface area contributed by atoms with Crippen LogP contribution in [0.25, 0.3) is 22.4 Å². The summed E-state index contributed by atoms with van der Waals surface area (Å²) in [6, 6.07) is 37.7. The Labute approximate surface area is 282 Å². The van der Waals surface area contributed by atoms with Crippen molar-refractivity contribution in [3.05, 3.63) is 137 Å². The molecule has 0 fully saturated rings. The molecule has 0 radical (unpaired) electrons. The Bertz CT molecular complexity index is 2020. The van der Waals surface area contributed by atoms with E-state index in [1.807, 2.05) is 24.3 Å². The number of H-pyrrole nitrogens is 1. The maximum Gasteiger partial charge on any atom is 0.138 e. The van der Waals surface area contributed by atoms with Crippen LogP contribution in [-0.4, -0.2) is 48.0 Å². The number of nitrogens with zero attached hydrogens (tertiary/aromatic N) is 3. The lowest BCUT2D eigenvalue weighted by Gasteiger charge is -2.13. The van der Waals surface area contributed by atoms with Gasteiger partial charge >= 0.3 is 0 Å². The Morgan fingerprint density at radius 2 is 1.19 bits per heavy atom. The van der Waals surface area contributed by atoms with E-state index in [0.717, 1.165) is 75.1 Å². The molecule has 0 spiro atoms. The summed E-state index contributed by atoms with van der Waals surface area (Å²) in [4.78, 5) is 12.7. The molecule has 0 saturated carbocycles. The van der Waals surface area contributed by atoms with Crippen LogP contribution in [0, 0.1) is 0 Å². The minimum Gasteiger partial charge on any atom is -0.489 e. The molecule has 48 heavy (non-hydrogen) atoms. The predicted octanol–water partition coefficient (Wildman–Crippen LogP) is 8.05. The number of hydrogen-bond acceptors (Lipinski definition) is 7. The molecule has 5 aromatic carbocycles. The van der Waals surface area contributed by atoms with Crippen molar-refractivity contribution in [2.75, 3.05) is 38.8 Å². The number of hydrogen-bond donors (Lipinski definition) is 3. The highest BCUT2D eigenvalue weighted by molar-refractivity contribution is 5.81. The van der Waals surface area contributed by atoms with E-state index in [0.29, 0.717) is 13.2 Å². The molecule has 0 saturated heterocycles. The average Bonchev–Trinajstić information content (AvgIpc) is 3.70. The number of aromatic nitrogens is 2. The van der Waals surface area contributed by atoms with Crippen molar-refractivity contribution in [3.63, 3.8) is 0 Å². The van der Waals surface area contributed by atoms with E-state index in [4.69, 9.17) is 14.5 Å². The number of anilines is 2. The zero-order valence-corrected chi connectivity index (χ0v) is 28.0. The Hall–Kier alpha value is -5.31. The number of nitrogens with one attached hydrogen (secondary N) is 3. The van der Waals surface area contributed by atoms with Crippen LogP contribution < -0.4 is 20.1 Å². The monoisotopic (exact) mass is 638 g/mol. The fraction of sp³-hybridized carbons (Fsp3) is 0.225. The largest absolute Gasteiger partial charge is 0.489 e. The van der Waals surface area contributed by atoms with E-state index in [9.17, 15) is 0 Å². The number of ether oxygens (including phenoxy) is 2. The SMILES string of the molecule is CN(C)Cc1cccc(COc2ccc3c(c2)NC(c2ccc(-c4nc5ccc(OCc6cccc(CN(C)C)c6)cc5[nH]4)cc2)N3)c1. The van der Waals surface area contributed by atoms with E-state index in [2.05, 4.69) is 139 Å². The first-order valence-corrected chi connectivity index (χ1v) is 16.3. The van der Waals surface area contributed by atoms with Crippen molar-refractivity contribution in [1.29, 1.82) is 0 Å². The lowest BCUT2D eigenvalue weighted by atomic mass is 10.1. The van der Waals surface area contributed by atoms with E-state index in [1.165, 1.54) is 11.1 Å². The van der Waals surface area contributed by atoms with Gasteiger partial charge in [0.1, 0.15) is 36.7 Å². The molecule has 1 atom stereocenters. The summed E-state index contributed by atoms with van der Waals surface area (Å²) in [5, 5.41) is 7.19. The summed E-state index contributed by atoms with van der Waals surface area (Å²) >= 11 is 0. The van der Waals surface area contributed by atoms with Crippen molar-refractivity contribution < 1.29 is 9.47 Å². The molecule has 1 aromatic heterocycles. The van der Waals surface area contributed by atoms with Gasteiger partial charge in [0.15, 0.2) is 0 Å². The number of rotatable bonds is 12. The second-order valence-electron chi connectivity index (χ2n) is 13.0. The smallest absolute Gasteiger partial charge is 0.138 e. The molecule has 3 N–H and O–H groups in total. The Kier molecular flexibility index (Phi) is 9.01. The highest BCUT2D eigenvalue weighted by atomic mass is 16.5. The van der Waals surface area contributed by atoms with Gasteiger partial charge < -0.3 is 34.9 Å². The molecule has 244 valence electrons. The summed E-state index contributed by atoms with van der Waals surface area (Å²) in [7, 11) is 8.32. The molecule has 2 heterocycles. The van der Waals surface area contributed by atoms with Crippen molar-refractivity contribution in [2.24, 2.45) is 0 Å². The molecular formula is C40H42N6O2. The van der Waals surface area contributed by atoms with E-state index in [1.54, 1.807) is 0 Å². The van der Waals surface area contributed by atoms with Crippen LogP contribution in [0.5, 0.6) is 11.5 Å². The van der Waals surface area contributed by atoms with Crippen molar-refractivity contribution in [2.45, 2.75) is 32.5 Å². The van der Waals surface area contributed by atoms with E-state index in [-0.39, 0.29) is 6.17 Å². The quantitative estimate of drug-likeness (QED) is 0.125. The zero-order chi connectivity index (χ0) is 33.0. The normalized spacial score (nSPS) is 13.8. The first kappa shape index (κ1) is 31.3. The van der Waals surface area contributed by atoms with Gasteiger partial charge in [0.2, 0.25) is 0 Å². The van der Waals surface area contributed by atoms with Crippen LogP contribution >= 0.6 is 0 Å². The predicted molar refractivity (Wildman–Crippen MR) is 194 cm³/mol. The summed E-state index contributed by atoms with van der Waals surface area (Å²) < 4.78 is 12.3. The lowest BCUT2D eigenvalue weighted by molar-refractivity contribution is 0.306. The first-order valence-electron chi connectivity index (χ1n) is 16.3. The molecule has 7 rings (SSSR count). The van der Waals surface area contributed by atoms with E-state index >= 15 is 0 Å². The molecular weight excluding hydrogens is 596 g/mol. The van der Waals surface area contributed by atoms with Crippen molar-refractivity contribution in [3.8, 4) is 22.9 Å². The zero-order valence-electron chi connectivity index (χ0n) is 28.0. The van der Waals surface area contributed by atoms with Crippen LogP contribution in [0.4, 0.5) is 11.4 Å². The third kappa shape index (κ3) is 7.46. The molecule has 0 aliphatic carbocycles. The summed E-state index contributed by atoms with van der Waals surface area (Å²) in [5.74, 6) is 2.48. The van der Waals surface area contributed by atoms with Gasteiger partial charge in [-0.1, -0.05) is 72.8 Å². The van der Waals surface area contributed by atoms with Gasteiger partial charge in [0.25, 0.3) is 0 Å². The highest BCUT2D eigenvalue weighted by Crippen LogP contribution is 2.38.